The van der Waals surface area contributed by atoms with Crippen LogP contribution in [0.2, 0.25) is 0 Å². The lowest BCUT2D eigenvalue weighted by molar-refractivity contribution is 0.312. The van der Waals surface area contributed by atoms with Crippen molar-refractivity contribution in [1.82, 2.24) is 15.2 Å². The van der Waals surface area contributed by atoms with Gasteiger partial charge in [-0.1, -0.05) is 0 Å². The van der Waals surface area contributed by atoms with E-state index in [2.05, 4.69) is 32.5 Å². The Balaban J connectivity index is 1.92. The highest BCUT2D eigenvalue weighted by Crippen LogP contribution is 2.15. The first-order valence-electron chi connectivity index (χ1n) is 6.63. The van der Waals surface area contributed by atoms with Gasteiger partial charge in [-0.3, -0.25) is 0 Å². The molecule has 5 nitrogen and oxygen atoms in total. The number of nitrogens with one attached hydrogen (secondary N) is 2. The molecule has 0 aromatic carbocycles. The Kier molecular flexibility index (Phi) is 4.93. The molecule has 0 spiro atoms. The third kappa shape index (κ3) is 4.04. The number of aromatic nitrogens is 1. The van der Waals surface area contributed by atoms with E-state index in [9.17, 15) is 0 Å². The Bertz CT molecular complexity index is 412. The van der Waals surface area contributed by atoms with Crippen molar-refractivity contribution < 1.29 is 0 Å². The molecule has 0 saturated carbocycles. The Morgan fingerprint density at radius 3 is 2.63 bits per heavy atom. The van der Waals surface area contributed by atoms with Crippen LogP contribution in [0.3, 0.4) is 0 Å². The molecule has 0 radical (unpaired) electrons. The maximum absolute atomic E-state index is 5.14. The lowest BCUT2D eigenvalue weighted by atomic mass is 10.3. The van der Waals surface area contributed by atoms with Gasteiger partial charge in [0.1, 0.15) is 5.82 Å². The summed E-state index contributed by atoms with van der Waals surface area (Å²) in [5, 5.41) is 6.80. The van der Waals surface area contributed by atoms with Gasteiger partial charge in [0, 0.05) is 32.7 Å². The van der Waals surface area contributed by atoms with Crippen molar-refractivity contribution >= 4 is 28.8 Å². The summed E-state index contributed by atoms with van der Waals surface area (Å²) in [6.07, 6.45) is 1.83. The van der Waals surface area contributed by atoms with E-state index in [-0.39, 0.29) is 0 Å². The monoisotopic (exact) mass is 279 g/mol. The number of anilines is 2. The Morgan fingerprint density at radius 2 is 2.05 bits per heavy atom. The standard InChI is InChI=1S/C13H21N5S/c1-3-14-13(19)16-11-4-5-12(15-10-11)18-8-6-17(2)7-9-18/h4-5,10H,3,6-9H2,1-2H3,(H2,14,16,19). The van der Waals surface area contributed by atoms with E-state index in [1.807, 2.05) is 25.3 Å². The van der Waals surface area contributed by atoms with Crippen LogP contribution in [0.4, 0.5) is 11.5 Å². The molecule has 1 aliphatic heterocycles. The maximum atomic E-state index is 5.14. The molecule has 1 saturated heterocycles. The van der Waals surface area contributed by atoms with Gasteiger partial charge in [-0.25, -0.2) is 4.98 Å². The van der Waals surface area contributed by atoms with E-state index in [1.165, 1.54) is 0 Å². The first-order valence-corrected chi connectivity index (χ1v) is 7.04. The Hall–Kier alpha value is -1.40. The number of pyridine rings is 1. The van der Waals surface area contributed by atoms with Gasteiger partial charge in [0.25, 0.3) is 0 Å². The van der Waals surface area contributed by atoms with Crippen LogP contribution in [-0.4, -0.2) is 54.8 Å². The summed E-state index contributed by atoms with van der Waals surface area (Å²) in [6.45, 7) is 7.08. The zero-order chi connectivity index (χ0) is 13.7. The number of nitrogens with zero attached hydrogens (tertiary/aromatic N) is 3. The Morgan fingerprint density at radius 1 is 1.32 bits per heavy atom. The molecule has 0 amide bonds. The molecule has 1 fully saturated rings. The zero-order valence-corrected chi connectivity index (χ0v) is 12.3. The molecule has 2 N–H and O–H groups in total. The fraction of sp³-hybridized carbons (Fsp3) is 0.538. The van der Waals surface area contributed by atoms with Crippen LogP contribution < -0.4 is 15.5 Å². The van der Waals surface area contributed by atoms with Gasteiger partial charge in [0.15, 0.2) is 5.11 Å². The largest absolute Gasteiger partial charge is 0.363 e. The highest BCUT2D eigenvalue weighted by atomic mass is 32.1. The van der Waals surface area contributed by atoms with E-state index in [0.717, 1.165) is 44.2 Å². The summed E-state index contributed by atoms with van der Waals surface area (Å²) in [5.74, 6) is 1.04. The number of hydrogen-bond acceptors (Lipinski definition) is 4. The second kappa shape index (κ2) is 6.68. The van der Waals surface area contributed by atoms with Crippen LogP contribution in [0, 0.1) is 0 Å². The molecular formula is C13H21N5S. The van der Waals surface area contributed by atoms with E-state index in [1.54, 1.807) is 0 Å². The van der Waals surface area contributed by atoms with Gasteiger partial charge in [-0.05, 0) is 38.3 Å². The zero-order valence-electron chi connectivity index (χ0n) is 11.5. The lowest BCUT2D eigenvalue weighted by Gasteiger charge is -2.33. The number of likely N-dealkylation sites (N-methyl/N-ethyl adjacent to an activating group) is 1. The predicted octanol–water partition coefficient (Wildman–Crippen LogP) is 1.14. The molecule has 1 aromatic rings. The van der Waals surface area contributed by atoms with Gasteiger partial charge in [-0.15, -0.1) is 0 Å². The maximum Gasteiger partial charge on any atom is 0.170 e. The predicted molar refractivity (Wildman–Crippen MR) is 83.8 cm³/mol. The molecule has 1 aromatic heterocycles. The average Bonchev–Trinajstić information content (AvgIpc) is 2.41. The molecule has 0 atom stereocenters. The number of hydrogen-bond donors (Lipinski definition) is 2. The quantitative estimate of drug-likeness (QED) is 0.809. The SMILES string of the molecule is CCNC(=S)Nc1ccc(N2CCN(C)CC2)nc1. The van der Waals surface area contributed by atoms with Gasteiger partial charge >= 0.3 is 0 Å². The Labute approximate surface area is 120 Å². The van der Waals surface area contributed by atoms with Crippen LogP contribution in [0.1, 0.15) is 6.92 Å². The average molecular weight is 279 g/mol. The van der Waals surface area contributed by atoms with Crippen LogP contribution >= 0.6 is 12.2 Å². The van der Waals surface area contributed by atoms with Crippen LogP contribution in [0.15, 0.2) is 18.3 Å². The normalized spacial score (nSPS) is 16.2. The van der Waals surface area contributed by atoms with Crippen LogP contribution in [-0.2, 0) is 0 Å². The molecule has 2 rings (SSSR count). The molecule has 0 unspecified atom stereocenters. The number of piperazine rings is 1. The summed E-state index contributed by atoms with van der Waals surface area (Å²) in [6, 6.07) is 4.06. The minimum absolute atomic E-state index is 0.636. The fourth-order valence-corrected chi connectivity index (χ4v) is 2.28. The molecular weight excluding hydrogens is 258 g/mol. The van der Waals surface area contributed by atoms with Gasteiger partial charge in [0.2, 0.25) is 0 Å². The smallest absolute Gasteiger partial charge is 0.170 e. The second-order valence-corrected chi connectivity index (χ2v) is 5.09. The first kappa shape index (κ1) is 14.0. The minimum atomic E-state index is 0.636. The third-order valence-electron chi connectivity index (χ3n) is 3.17. The summed E-state index contributed by atoms with van der Waals surface area (Å²) >= 11 is 5.14. The summed E-state index contributed by atoms with van der Waals surface area (Å²) in [7, 11) is 2.15. The topological polar surface area (TPSA) is 43.4 Å². The molecule has 19 heavy (non-hydrogen) atoms. The van der Waals surface area contributed by atoms with Gasteiger partial charge < -0.3 is 20.4 Å². The van der Waals surface area contributed by atoms with Crippen LogP contribution in [0.5, 0.6) is 0 Å². The summed E-state index contributed by atoms with van der Waals surface area (Å²) in [5.41, 5.74) is 0.920. The highest BCUT2D eigenvalue weighted by molar-refractivity contribution is 7.80. The van der Waals surface area contributed by atoms with Crippen molar-refractivity contribution in [2.24, 2.45) is 0 Å². The van der Waals surface area contributed by atoms with E-state index in [0.29, 0.717) is 5.11 Å². The van der Waals surface area contributed by atoms with Crippen molar-refractivity contribution in [3.05, 3.63) is 18.3 Å². The summed E-state index contributed by atoms with van der Waals surface area (Å²) in [4.78, 5) is 9.14. The summed E-state index contributed by atoms with van der Waals surface area (Å²) < 4.78 is 0. The van der Waals surface area contributed by atoms with Gasteiger partial charge in [0.05, 0.1) is 11.9 Å². The fourth-order valence-electron chi connectivity index (χ4n) is 2.02. The highest BCUT2D eigenvalue weighted by Gasteiger charge is 2.14. The van der Waals surface area contributed by atoms with Crippen LogP contribution in [0.25, 0.3) is 0 Å². The van der Waals surface area contributed by atoms with Crippen molar-refractivity contribution in [3.63, 3.8) is 0 Å². The third-order valence-corrected chi connectivity index (χ3v) is 3.42. The first-order chi connectivity index (χ1) is 9.19. The van der Waals surface area contributed by atoms with Crippen molar-refractivity contribution in [2.45, 2.75) is 6.92 Å². The van der Waals surface area contributed by atoms with Crippen molar-refractivity contribution in [2.75, 3.05) is 50.0 Å². The van der Waals surface area contributed by atoms with E-state index >= 15 is 0 Å². The van der Waals surface area contributed by atoms with Crippen molar-refractivity contribution in [3.8, 4) is 0 Å². The van der Waals surface area contributed by atoms with E-state index in [4.69, 9.17) is 12.2 Å². The van der Waals surface area contributed by atoms with Gasteiger partial charge in [-0.2, -0.15) is 0 Å². The molecule has 0 aliphatic carbocycles. The minimum Gasteiger partial charge on any atom is -0.363 e. The van der Waals surface area contributed by atoms with E-state index < -0.39 is 0 Å². The lowest BCUT2D eigenvalue weighted by Crippen LogP contribution is -2.44. The van der Waals surface area contributed by atoms with Crippen molar-refractivity contribution in [1.29, 1.82) is 0 Å². The molecule has 0 bridgehead atoms. The molecule has 6 heteroatoms. The number of rotatable bonds is 3. The molecule has 104 valence electrons. The molecule has 1 aliphatic rings. The second-order valence-electron chi connectivity index (χ2n) is 4.68. The molecule has 2 heterocycles. The number of thiocarbonyl (C=S) groups is 1.